The summed E-state index contributed by atoms with van der Waals surface area (Å²) in [6.07, 6.45) is 1.39. The van der Waals surface area contributed by atoms with E-state index in [1.54, 1.807) is 0 Å². The highest BCUT2D eigenvalue weighted by atomic mass is 35.5. The minimum Gasteiger partial charge on any atom is -0.366 e. The van der Waals surface area contributed by atoms with Crippen molar-refractivity contribution >= 4 is 29.1 Å². The first-order valence-electron chi connectivity index (χ1n) is 5.61. The number of carbonyl (C=O) groups excluding carboxylic acids is 2. The Hall–Kier alpha value is -1.59. The molecule has 1 unspecified atom stereocenters. The molecule has 0 saturated heterocycles. The first kappa shape index (κ1) is 14.5. The van der Waals surface area contributed by atoms with E-state index in [1.165, 1.54) is 18.2 Å². The van der Waals surface area contributed by atoms with Gasteiger partial charge < -0.3 is 16.8 Å². The Bertz CT molecular complexity index is 463. The van der Waals surface area contributed by atoms with Crippen LogP contribution in [0.25, 0.3) is 0 Å². The van der Waals surface area contributed by atoms with Gasteiger partial charge in [0.1, 0.15) is 0 Å². The Kier molecular flexibility index (Phi) is 5.12. The van der Waals surface area contributed by atoms with Gasteiger partial charge in [0.05, 0.1) is 16.8 Å². The normalized spacial score (nSPS) is 11.9. The highest BCUT2D eigenvalue weighted by Gasteiger charge is 2.14. The summed E-state index contributed by atoms with van der Waals surface area (Å²) in [7, 11) is 0. The average Bonchev–Trinajstić information content (AvgIpc) is 2.31. The molecule has 0 aliphatic heterocycles. The molecule has 18 heavy (non-hydrogen) atoms. The topological polar surface area (TPSA) is 98.2 Å². The number of nitrogens with one attached hydrogen (secondary N) is 1. The summed E-state index contributed by atoms with van der Waals surface area (Å²) < 4.78 is 0. The molecule has 0 radical (unpaired) electrons. The molecule has 0 aromatic heterocycles. The molecule has 0 heterocycles. The molecule has 1 aromatic rings. The first-order valence-corrected chi connectivity index (χ1v) is 5.99. The van der Waals surface area contributed by atoms with E-state index in [0.717, 1.165) is 6.42 Å². The molecule has 1 rings (SSSR count). The molecule has 0 saturated carbocycles. The number of halogens is 1. The molecule has 0 fully saturated rings. The van der Waals surface area contributed by atoms with Crippen LogP contribution < -0.4 is 16.8 Å². The lowest BCUT2D eigenvalue weighted by Crippen LogP contribution is -2.35. The third-order valence-electron chi connectivity index (χ3n) is 2.45. The lowest BCUT2D eigenvalue weighted by Gasteiger charge is -2.12. The number of hydrogen-bond donors (Lipinski definition) is 3. The van der Waals surface area contributed by atoms with Crippen molar-refractivity contribution in [2.24, 2.45) is 11.5 Å². The third-order valence-corrected chi connectivity index (χ3v) is 2.77. The number of amides is 2. The Morgan fingerprint density at radius 2 is 2.11 bits per heavy atom. The number of benzene rings is 1. The van der Waals surface area contributed by atoms with Crippen LogP contribution in [0.2, 0.25) is 5.02 Å². The fourth-order valence-corrected chi connectivity index (χ4v) is 1.61. The van der Waals surface area contributed by atoms with Gasteiger partial charge in [0, 0.05) is 5.56 Å². The van der Waals surface area contributed by atoms with Crippen molar-refractivity contribution < 1.29 is 9.59 Å². The van der Waals surface area contributed by atoms with E-state index < -0.39 is 11.9 Å². The smallest absolute Gasteiger partial charge is 0.248 e. The van der Waals surface area contributed by atoms with Crippen molar-refractivity contribution in [1.29, 1.82) is 0 Å². The van der Waals surface area contributed by atoms with E-state index in [4.69, 9.17) is 23.1 Å². The SMILES string of the molecule is CCCC(N)C(=O)Nc1cc(C(N)=O)ccc1Cl. The molecule has 5 N–H and O–H groups in total. The van der Waals surface area contributed by atoms with Gasteiger partial charge in [-0.1, -0.05) is 24.9 Å². The number of nitrogens with two attached hydrogens (primary N) is 2. The first-order chi connectivity index (χ1) is 8.45. The highest BCUT2D eigenvalue weighted by Crippen LogP contribution is 2.23. The van der Waals surface area contributed by atoms with E-state index in [1.807, 2.05) is 6.92 Å². The van der Waals surface area contributed by atoms with Gasteiger partial charge in [0.2, 0.25) is 11.8 Å². The van der Waals surface area contributed by atoms with Crippen LogP contribution in [0.4, 0.5) is 5.69 Å². The molecular weight excluding hydrogens is 254 g/mol. The second-order valence-electron chi connectivity index (χ2n) is 3.94. The zero-order valence-corrected chi connectivity index (χ0v) is 10.8. The fraction of sp³-hybridized carbons (Fsp3) is 0.333. The maximum atomic E-state index is 11.7. The number of rotatable bonds is 5. The number of primary amides is 1. The molecule has 1 atom stereocenters. The predicted molar refractivity (Wildman–Crippen MR) is 71.5 cm³/mol. The standard InChI is InChI=1S/C12H16ClN3O2/c1-2-3-9(14)12(18)16-10-6-7(11(15)17)4-5-8(10)13/h4-6,9H,2-3,14H2,1H3,(H2,15,17)(H,16,18). The van der Waals surface area contributed by atoms with E-state index in [9.17, 15) is 9.59 Å². The van der Waals surface area contributed by atoms with Crippen molar-refractivity contribution in [1.82, 2.24) is 0 Å². The van der Waals surface area contributed by atoms with Gasteiger partial charge in [0.15, 0.2) is 0 Å². The zero-order valence-electron chi connectivity index (χ0n) is 10.1. The molecule has 0 aliphatic rings. The van der Waals surface area contributed by atoms with Crippen LogP contribution >= 0.6 is 11.6 Å². The van der Waals surface area contributed by atoms with E-state index in [0.29, 0.717) is 17.1 Å². The van der Waals surface area contributed by atoms with Gasteiger partial charge in [-0.2, -0.15) is 0 Å². The summed E-state index contributed by atoms with van der Waals surface area (Å²) in [6, 6.07) is 3.83. The summed E-state index contributed by atoms with van der Waals surface area (Å²) in [5, 5.41) is 2.92. The van der Waals surface area contributed by atoms with Crippen molar-refractivity contribution in [2.45, 2.75) is 25.8 Å². The minimum atomic E-state index is -0.594. The maximum absolute atomic E-state index is 11.7. The average molecular weight is 270 g/mol. The van der Waals surface area contributed by atoms with Crippen molar-refractivity contribution in [3.05, 3.63) is 28.8 Å². The maximum Gasteiger partial charge on any atom is 0.248 e. The Balaban J connectivity index is 2.86. The molecule has 0 aliphatic carbocycles. The van der Waals surface area contributed by atoms with Gasteiger partial charge in [-0.25, -0.2) is 0 Å². The molecule has 98 valence electrons. The summed E-state index contributed by atoms with van der Waals surface area (Å²) in [5.74, 6) is -0.916. The fourth-order valence-electron chi connectivity index (χ4n) is 1.44. The van der Waals surface area contributed by atoms with Gasteiger partial charge in [-0.15, -0.1) is 0 Å². The van der Waals surface area contributed by atoms with Crippen LogP contribution in [0, 0.1) is 0 Å². The lowest BCUT2D eigenvalue weighted by molar-refractivity contribution is -0.117. The van der Waals surface area contributed by atoms with E-state index in [2.05, 4.69) is 5.32 Å². The van der Waals surface area contributed by atoms with E-state index in [-0.39, 0.29) is 11.5 Å². The summed E-state index contributed by atoms with van der Waals surface area (Å²) in [6.45, 7) is 1.94. The number of carbonyl (C=O) groups is 2. The van der Waals surface area contributed by atoms with Gasteiger partial charge in [-0.05, 0) is 24.6 Å². The van der Waals surface area contributed by atoms with E-state index >= 15 is 0 Å². The van der Waals surface area contributed by atoms with Crippen LogP contribution in [-0.4, -0.2) is 17.9 Å². The zero-order chi connectivity index (χ0) is 13.7. The third kappa shape index (κ3) is 3.72. The highest BCUT2D eigenvalue weighted by molar-refractivity contribution is 6.34. The van der Waals surface area contributed by atoms with Gasteiger partial charge in [-0.3, -0.25) is 9.59 Å². The summed E-state index contributed by atoms with van der Waals surface area (Å²) in [4.78, 5) is 22.8. The van der Waals surface area contributed by atoms with Gasteiger partial charge >= 0.3 is 0 Å². The Labute approximate surface area is 110 Å². The molecule has 1 aromatic carbocycles. The molecule has 2 amide bonds. The summed E-state index contributed by atoms with van der Waals surface area (Å²) in [5.41, 5.74) is 11.4. The number of anilines is 1. The molecule has 5 nitrogen and oxygen atoms in total. The second-order valence-corrected chi connectivity index (χ2v) is 4.35. The monoisotopic (exact) mass is 269 g/mol. The lowest BCUT2D eigenvalue weighted by atomic mass is 10.1. The Morgan fingerprint density at radius 3 is 2.67 bits per heavy atom. The second kappa shape index (κ2) is 6.37. The predicted octanol–water partition coefficient (Wildman–Crippen LogP) is 1.50. The largest absolute Gasteiger partial charge is 0.366 e. The van der Waals surface area contributed by atoms with Crippen LogP contribution in [0.5, 0.6) is 0 Å². The van der Waals surface area contributed by atoms with Crippen LogP contribution in [0.3, 0.4) is 0 Å². The van der Waals surface area contributed by atoms with Crippen LogP contribution in [0.1, 0.15) is 30.1 Å². The minimum absolute atomic E-state index is 0.277. The molecule has 0 bridgehead atoms. The van der Waals surface area contributed by atoms with Gasteiger partial charge in [0.25, 0.3) is 0 Å². The Morgan fingerprint density at radius 1 is 1.44 bits per heavy atom. The van der Waals surface area contributed by atoms with Crippen LogP contribution in [0.15, 0.2) is 18.2 Å². The van der Waals surface area contributed by atoms with Crippen molar-refractivity contribution in [2.75, 3.05) is 5.32 Å². The van der Waals surface area contributed by atoms with Crippen molar-refractivity contribution in [3.63, 3.8) is 0 Å². The summed E-state index contributed by atoms with van der Waals surface area (Å²) >= 11 is 5.92. The van der Waals surface area contributed by atoms with Crippen molar-refractivity contribution in [3.8, 4) is 0 Å². The number of hydrogen-bond acceptors (Lipinski definition) is 3. The quantitative estimate of drug-likeness (QED) is 0.755. The molecule has 0 spiro atoms. The van der Waals surface area contributed by atoms with Crippen LogP contribution in [-0.2, 0) is 4.79 Å². The molecular formula is C12H16ClN3O2. The molecule has 6 heteroatoms.